The highest BCUT2D eigenvalue weighted by atomic mass is 16.5. The number of aromatic amines is 1. The smallest absolute Gasteiger partial charge is 0.291 e. The van der Waals surface area contributed by atoms with Crippen LogP contribution in [0.3, 0.4) is 0 Å². The number of ether oxygens (including phenoxy) is 2. The number of aromatic nitrogens is 2. The number of rotatable bonds is 6. The van der Waals surface area contributed by atoms with Gasteiger partial charge in [-0.15, -0.1) is 0 Å². The molecule has 3 N–H and O–H groups in total. The summed E-state index contributed by atoms with van der Waals surface area (Å²) in [6, 6.07) is 5.24. The Labute approximate surface area is 157 Å². The van der Waals surface area contributed by atoms with Crippen LogP contribution in [-0.2, 0) is 11.3 Å². The molecule has 1 aromatic carbocycles. The second kappa shape index (κ2) is 8.65. The van der Waals surface area contributed by atoms with E-state index in [1.165, 1.54) is 13.3 Å². The number of nitrogens with one attached hydrogen (secondary N) is 2. The van der Waals surface area contributed by atoms with Crippen molar-refractivity contribution in [2.75, 3.05) is 33.4 Å². The number of aryl methyl sites for hydroxylation is 1. The lowest BCUT2D eigenvalue weighted by Crippen LogP contribution is -2.35. The molecule has 144 valence electrons. The molecule has 2 heterocycles. The Bertz CT molecular complexity index is 827. The second-order valence-electron chi connectivity index (χ2n) is 6.26. The maximum atomic E-state index is 12.0. The fourth-order valence-corrected chi connectivity index (χ4v) is 2.80. The molecule has 0 atom stereocenters. The summed E-state index contributed by atoms with van der Waals surface area (Å²) in [5, 5.41) is 20.8. The van der Waals surface area contributed by atoms with Gasteiger partial charge in [-0.2, -0.15) is 10.2 Å². The van der Waals surface area contributed by atoms with Gasteiger partial charge in [0.1, 0.15) is 0 Å². The van der Waals surface area contributed by atoms with Crippen LogP contribution < -0.4 is 10.2 Å². The first kappa shape index (κ1) is 18.9. The van der Waals surface area contributed by atoms with Crippen LogP contribution in [0.1, 0.15) is 27.3 Å². The summed E-state index contributed by atoms with van der Waals surface area (Å²) in [7, 11) is 1.50. The highest BCUT2D eigenvalue weighted by Gasteiger charge is 2.15. The number of hydrogen-bond donors (Lipinski definition) is 3. The van der Waals surface area contributed by atoms with E-state index in [9.17, 15) is 9.90 Å². The van der Waals surface area contributed by atoms with Crippen molar-refractivity contribution >= 4 is 12.1 Å². The average molecular weight is 373 g/mol. The molecule has 1 aliphatic heterocycles. The number of hydrazone groups is 1. The van der Waals surface area contributed by atoms with Crippen molar-refractivity contribution in [2.45, 2.75) is 13.5 Å². The van der Waals surface area contributed by atoms with E-state index in [0.29, 0.717) is 31.1 Å². The molecular weight excluding hydrogens is 350 g/mol. The van der Waals surface area contributed by atoms with Gasteiger partial charge in [-0.25, -0.2) is 5.43 Å². The van der Waals surface area contributed by atoms with Crippen LogP contribution in [0.2, 0.25) is 0 Å². The Morgan fingerprint density at radius 2 is 2.22 bits per heavy atom. The summed E-state index contributed by atoms with van der Waals surface area (Å²) < 4.78 is 10.6. The van der Waals surface area contributed by atoms with Gasteiger partial charge in [0.25, 0.3) is 5.91 Å². The molecule has 9 heteroatoms. The monoisotopic (exact) mass is 373 g/mol. The van der Waals surface area contributed by atoms with Crippen molar-refractivity contribution in [3.8, 4) is 11.5 Å². The largest absolute Gasteiger partial charge is 0.504 e. The van der Waals surface area contributed by atoms with Gasteiger partial charge in [-0.1, -0.05) is 0 Å². The van der Waals surface area contributed by atoms with E-state index in [4.69, 9.17) is 9.47 Å². The first-order valence-electron chi connectivity index (χ1n) is 8.62. The molecule has 1 saturated heterocycles. The minimum Gasteiger partial charge on any atom is -0.504 e. The van der Waals surface area contributed by atoms with Crippen molar-refractivity contribution in [1.82, 2.24) is 20.5 Å². The van der Waals surface area contributed by atoms with E-state index in [0.717, 1.165) is 24.3 Å². The van der Waals surface area contributed by atoms with Crippen molar-refractivity contribution in [3.05, 3.63) is 40.7 Å². The molecule has 0 saturated carbocycles. The van der Waals surface area contributed by atoms with E-state index in [-0.39, 0.29) is 11.4 Å². The van der Waals surface area contributed by atoms with E-state index in [2.05, 4.69) is 25.6 Å². The van der Waals surface area contributed by atoms with Crippen LogP contribution in [0.15, 0.2) is 23.3 Å². The fraction of sp³-hybridized carbons (Fsp3) is 0.389. The Morgan fingerprint density at radius 1 is 1.44 bits per heavy atom. The topological polar surface area (TPSA) is 112 Å². The summed E-state index contributed by atoms with van der Waals surface area (Å²) in [6.45, 7) is 5.64. The van der Waals surface area contributed by atoms with E-state index >= 15 is 0 Å². The molecule has 2 aromatic rings. The molecule has 1 fully saturated rings. The zero-order valence-corrected chi connectivity index (χ0v) is 15.4. The summed E-state index contributed by atoms with van der Waals surface area (Å²) in [5.74, 6) is -0.111. The number of benzene rings is 1. The maximum absolute atomic E-state index is 12.0. The van der Waals surface area contributed by atoms with Crippen LogP contribution in [0.4, 0.5) is 0 Å². The third-order valence-corrected chi connectivity index (χ3v) is 4.20. The van der Waals surface area contributed by atoms with Crippen LogP contribution in [0.25, 0.3) is 0 Å². The lowest BCUT2D eigenvalue weighted by Gasteiger charge is -2.26. The van der Waals surface area contributed by atoms with E-state index in [1.807, 2.05) is 6.07 Å². The number of hydrogen-bond acceptors (Lipinski definition) is 7. The summed E-state index contributed by atoms with van der Waals surface area (Å²) >= 11 is 0. The maximum Gasteiger partial charge on any atom is 0.291 e. The average Bonchev–Trinajstić information content (AvgIpc) is 3.11. The SMILES string of the molecule is COc1cc(CN2CCOCC2)cc(/C=N/NC(=O)c2cc(C)[nH]n2)c1O. The van der Waals surface area contributed by atoms with Crippen LogP contribution in [0.5, 0.6) is 11.5 Å². The van der Waals surface area contributed by atoms with Gasteiger partial charge >= 0.3 is 0 Å². The highest BCUT2D eigenvalue weighted by molar-refractivity contribution is 5.93. The Kier molecular flexibility index (Phi) is 6.05. The lowest BCUT2D eigenvalue weighted by atomic mass is 10.1. The molecular formula is C18H23N5O4. The Balaban J connectivity index is 1.72. The predicted molar refractivity (Wildman–Crippen MR) is 99.1 cm³/mol. The van der Waals surface area contributed by atoms with Gasteiger partial charge in [0.05, 0.1) is 26.5 Å². The molecule has 27 heavy (non-hydrogen) atoms. The third-order valence-electron chi connectivity index (χ3n) is 4.20. The summed E-state index contributed by atoms with van der Waals surface area (Å²) in [5.41, 5.74) is 4.85. The second-order valence-corrected chi connectivity index (χ2v) is 6.26. The van der Waals surface area contributed by atoms with E-state index in [1.54, 1.807) is 19.1 Å². The number of amides is 1. The number of methoxy groups -OCH3 is 1. The molecule has 0 unspecified atom stereocenters. The van der Waals surface area contributed by atoms with Gasteiger partial charge < -0.3 is 14.6 Å². The Morgan fingerprint density at radius 3 is 2.89 bits per heavy atom. The van der Waals surface area contributed by atoms with Gasteiger partial charge in [-0.05, 0) is 30.7 Å². The highest BCUT2D eigenvalue weighted by Crippen LogP contribution is 2.31. The number of nitrogens with zero attached hydrogens (tertiary/aromatic N) is 3. The number of morpholine rings is 1. The van der Waals surface area contributed by atoms with Crippen LogP contribution >= 0.6 is 0 Å². The van der Waals surface area contributed by atoms with Gasteiger partial charge in [-0.3, -0.25) is 14.8 Å². The fourth-order valence-electron chi connectivity index (χ4n) is 2.80. The quantitative estimate of drug-likeness (QED) is 0.515. The number of carbonyl (C=O) groups is 1. The molecule has 0 spiro atoms. The molecule has 9 nitrogen and oxygen atoms in total. The number of carbonyl (C=O) groups excluding carboxylic acids is 1. The van der Waals surface area contributed by atoms with Gasteiger partial charge in [0.15, 0.2) is 17.2 Å². The third kappa shape index (κ3) is 4.83. The minimum absolute atomic E-state index is 0.0307. The van der Waals surface area contributed by atoms with Crippen molar-refractivity contribution < 1.29 is 19.4 Å². The lowest BCUT2D eigenvalue weighted by molar-refractivity contribution is 0.0341. The molecule has 1 amide bonds. The van der Waals surface area contributed by atoms with Crippen LogP contribution in [-0.4, -0.2) is 65.7 Å². The summed E-state index contributed by atoms with van der Waals surface area (Å²) in [6.07, 6.45) is 1.39. The zero-order valence-electron chi connectivity index (χ0n) is 15.4. The number of phenols is 1. The molecule has 0 radical (unpaired) electrons. The van der Waals surface area contributed by atoms with Crippen molar-refractivity contribution in [1.29, 1.82) is 0 Å². The molecule has 1 aromatic heterocycles. The van der Waals surface area contributed by atoms with Gasteiger partial charge in [0.2, 0.25) is 0 Å². The predicted octanol–water partition coefficient (Wildman–Crippen LogP) is 1.03. The molecule has 0 bridgehead atoms. The van der Waals surface area contributed by atoms with Crippen molar-refractivity contribution in [3.63, 3.8) is 0 Å². The summed E-state index contributed by atoms with van der Waals surface area (Å²) in [4.78, 5) is 14.2. The standard InChI is InChI=1S/C18H23N5O4/c1-12-7-15(21-20-12)18(25)22-19-10-14-8-13(9-16(26-2)17(14)24)11-23-3-5-27-6-4-23/h7-10,24H,3-6,11H2,1-2H3,(H,20,21)(H,22,25)/b19-10+. The molecule has 3 rings (SSSR count). The number of phenolic OH excluding ortho intramolecular Hbond substituents is 1. The normalized spacial score (nSPS) is 15.2. The Hall–Kier alpha value is -2.91. The first-order valence-corrected chi connectivity index (χ1v) is 8.62. The van der Waals surface area contributed by atoms with Crippen molar-refractivity contribution in [2.24, 2.45) is 5.10 Å². The molecule has 1 aliphatic rings. The number of aromatic hydroxyl groups is 1. The van der Waals surface area contributed by atoms with Crippen LogP contribution in [0, 0.1) is 6.92 Å². The van der Waals surface area contributed by atoms with E-state index < -0.39 is 5.91 Å². The molecule has 0 aliphatic carbocycles. The van der Waals surface area contributed by atoms with Gasteiger partial charge in [0, 0.05) is 30.9 Å². The zero-order chi connectivity index (χ0) is 19.2. The first-order chi connectivity index (χ1) is 13.1. The number of H-pyrrole nitrogens is 1. The minimum atomic E-state index is -0.438.